The molecule has 6 nitrogen and oxygen atoms in total. The van der Waals surface area contributed by atoms with Crippen LogP contribution in [-0.4, -0.2) is 74.0 Å². The molecule has 0 saturated carbocycles. The molecule has 0 unspecified atom stereocenters. The molecule has 3 heterocycles. The van der Waals surface area contributed by atoms with E-state index >= 15 is 0 Å². The number of hydrogen-bond donors (Lipinski definition) is 0. The Hall–Kier alpha value is -1.24. The van der Waals surface area contributed by atoms with Crippen LogP contribution in [0.1, 0.15) is 12.0 Å². The summed E-state index contributed by atoms with van der Waals surface area (Å²) in [7, 11) is 0. The highest BCUT2D eigenvalue weighted by Crippen LogP contribution is 2.10. The molecule has 0 aromatic carbocycles. The number of ether oxygens (including phenoxy) is 2. The number of nitrogens with zero attached hydrogens (tertiary/aromatic N) is 4. The Morgan fingerprint density at radius 1 is 0.905 bits per heavy atom. The van der Waals surface area contributed by atoms with Gasteiger partial charge in [-0.05, 0) is 24.9 Å². The molecule has 0 aliphatic carbocycles. The van der Waals surface area contributed by atoms with Crippen molar-refractivity contribution in [3.05, 3.63) is 18.0 Å². The maximum atomic E-state index is 5.36. The van der Waals surface area contributed by atoms with Crippen molar-refractivity contribution in [3.63, 3.8) is 0 Å². The van der Waals surface area contributed by atoms with Gasteiger partial charge in [0, 0.05) is 38.6 Å². The summed E-state index contributed by atoms with van der Waals surface area (Å²) >= 11 is 0. The second-order valence-electron chi connectivity index (χ2n) is 5.55. The van der Waals surface area contributed by atoms with Crippen molar-refractivity contribution in [2.24, 2.45) is 0 Å². The summed E-state index contributed by atoms with van der Waals surface area (Å²) in [6.45, 7) is 8.31. The van der Waals surface area contributed by atoms with Crippen molar-refractivity contribution in [2.45, 2.75) is 12.8 Å². The van der Waals surface area contributed by atoms with Gasteiger partial charge < -0.3 is 14.4 Å². The van der Waals surface area contributed by atoms with E-state index in [1.165, 1.54) is 5.56 Å². The van der Waals surface area contributed by atoms with Crippen LogP contribution in [0.25, 0.3) is 0 Å². The fourth-order valence-corrected chi connectivity index (χ4v) is 2.74. The van der Waals surface area contributed by atoms with Crippen molar-refractivity contribution in [1.29, 1.82) is 0 Å². The highest BCUT2D eigenvalue weighted by Gasteiger charge is 2.13. The molecule has 0 bridgehead atoms. The van der Waals surface area contributed by atoms with E-state index in [-0.39, 0.29) is 0 Å². The molecule has 2 fully saturated rings. The lowest BCUT2D eigenvalue weighted by atomic mass is 10.2. The maximum absolute atomic E-state index is 5.36. The average molecular weight is 292 g/mol. The molecule has 0 spiro atoms. The molecule has 0 N–H and O–H groups in total. The summed E-state index contributed by atoms with van der Waals surface area (Å²) in [5, 5.41) is 0. The van der Waals surface area contributed by atoms with Crippen LogP contribution in [0.4, 0.5) is 5.95 Å². The minimum absolute atomic E-state index is 0.769. The summed E-state index contributed by atoms with van der Waals surface area (Å²) in [6, 6.07) is 0. The van der Waals surface area contributed by atoms with Crippen molar-refractivity contribution < 1.29 is 9.47 Å². The van der Waals surface area contributed by atoms with Gasteiger partial charge in [0.2, 0.25) is 5.95 Å². The van der Waals surface area contributed by atoms with Crippen LogP contribution in [0.3, 0.4) is 0 Å². The number of aromatic nitrogens is 2. The van der Waals surface area contributed by atoms with Gasteiger partial charge in [0.1, 0.15) is 0 Å². The molecule has 3 rings (SSSR count). The van der Waals surface area contributed by atoms with Crippen LogP contribution in [0.15, 0.2) is 12.4 Å². The molecule has 0 radical (unpaired) electrons. The molecule has 0 atom stereocenters. The summed E-state index contributed by atoms with van der Waals surface area (Å²) < 4.78 is 10.7. The van der Waals surface area contributed by atoms with E-state index in [1.807, 2.05) is 12.4 Å². The number of aryl methyl sites for hydroxylation is 1. The van der Waals surface area contributed by atoms with Gasteiger partial charge in [-0.1, -0.05) is 0 Å². The summed E-state index contributed by atoms with van der Waals surface area (Å²) in [5.74, 6) is 0.829. The second kappa shape index (κ2) is 7.68. The van der Waals surface area contributed by atoms with Gasteiger partial charge >= 0.3 is 0 Å². The predicted octanol–water partition coefficient (Wildman–Crippen LogP) is 0.578. The van der Waals surface area contributed by atoms with Crippen molar-refractivity contribution >= 4 is 5.95 Å². The van der Waals surface area contributed by atoms with Crippen molar-refractivity contribution in [1.82, 2.24) is 14.9 Å². The molecule has 116 valence electrons. The van der Waals surface area contributed by atoms with Crippen LogP contribution >= 0.6 is 0 Å². The zero-order valence-electron chi connectivity index (χ0n) is 12.5. The number of hydrogen-bond acceptors (Lipinski definition) is 6. The summed E-state index contributed by atoms with van der Waals surface area (Å²) in [6.07, 6.45) is 6.13. The molecule has 2 saturated heterocycles. The van der Waals surface area contributed by atoms with Gasteiger partial charge in [-0.3, -0.25) is 4.90 Å². The first-order valence-corrected chi connectivity index (χ1v) is 7.85. The fourth-order valence-electron chi connectivity index (χ4n) is 2.74. The molecular weight excluding hydrogens is 268 g/mol. The average Bonchev–Trinajstić information content (AvgIpc) is 2.57. The van der Waals surface area contributed by atoms with Crippen LogP contribution < -0.4 is 4.90 Å². The first-order valence-electron chi connectivity index (χ1n) is 7.85. The lowest BCUT2D eigenvalue weighted by molar-refractivity contribution is 0.0374. The van der Waals surface area contributed by atoms with Gasteiger partial charge in [-0.25, -0.2) is 9.97 Å². The summed E-state index contributed by atoms with van der Waals surface area (Å²) in [4.78, 5) is 13.6. The van der Waals surface area contributed by atoms with E-state index in [9.17, 15) is 0 Å². The Bertz CT molecular complexity index is 414. The molecular formula is C15H24N4O2. The third kappa shape index (κ3) is 4.36. The van der Waals surface area contributed by atoms with E-state index < -0.39 is 0 Å². The Labute approximate surface area is 126 Å². The lowest BCUT2D eigenvalue weighted by Gasteiger charge is -2.27. The Balaban J connectivity index is 1.43. The maximum Gasteiger partial charge on any atom is 0.225 e. The third-order valence-electron chi connectivity index (χ3n) is 4.03. The van der Waals surface area contributed by atoms with Crippen molar-refractivity contribution in [2.75, 3.05) is 64.1 Å². The normalized spacial score (nSPS) is 20.7. The van der Waals surface area contributed by atoms with E-state index in [4.69, 9.17) is 9.47 Å². The zero-order chi connectivity index (χ0) is 14.3. The van der Waals surface area contributed by atoms with Crippen LogP contribution in [0.2, 0.25) is 0 Å². The standard InChI is InChI=1S/C15H24N4O2/c1(3-18-4-8-20-9-5-18)2-14-12-16-15(17-13-14)19-6-10-21-11-7-19/h12-13H,1-11H2. The van der Waals surface area contributed by atoms with E-state index in [2.05, 4.69) is 19.8 Å². The first kappa shape index (κ1) is 14.7. The van der Waals surface area contributed by atoms with E-state index in [0.29, 0.717) is 0 Å². The fraction of sp³-hybridized carbons (Fsp3) is 0.733. The highest BCUT2D eigenvalue weighted by atomic mass is 16.5. The molecule has 2 aliphatic rings. The minimum Gasteiger partial charge on any atom is -0.379 e. The topological polar surface area (TPSA) is 50.7 Å². The molecule has 6 heteroatoms. The largest absolute Gasteiger partial charge is 0.379 e. The molecule has 2 aliphatic heterocycles. The summed E-state index contributed by atoms with van der Waals surface area (Å²) in [5.41, 5.74) is 1.22. The monoisotopic (exact) mass is 292 g/mol. The quantitative estimate of drug-likeness (QED) is 0.791. The van der Waals surface area contributed by atoms with Crippen LogP contribution in [0, 0.1) is 0 Å². The lowest BCUT2D eigenvalue weighted by Crippen LogP contribution is -2.37. The SMILES string of the molecule is c1nc(N2CCOCC2)ncc1CCCN1CCOCC1. The predicted molar refractivity (Wildman–Crippen MR) is 80.6 cm³/mol. The number of anilines is 1. The van der Waals surface area contributed by atoms with E-state index in [0.717, 1.165) is 77.9 Å². The minimum atomic E-state index is 0.769. The van der Waals surface area contributed by atoms with Crippen molar-refractivity contribution in [3.8, 4) is 0 Å². The van der Waals surface area contributed by atoms with Gasteiger partial charge in [0.15, 0.2) is 0 Å². The van der Waals surface area contributed by atoms with Gasteiger partial charge in [0.25, 0.3) is 0 Å². The zero-order valence-corrected chi connectivity index (χ0v) is 12.5. The highest BCUT2D eigenvalue weighted by molar-refractivity contribution is 5.30. The van der Waals surface area contributed by atoms with Gasteiger partial charge in [0.05, 0.1) is 26.4 Å². The third-order valence-corrected chi connectivity index (χ3v) is 4.03. The molecule has 1 aromatic heterocycles. The Morgan fingerprint density at radius 3 is 2.19 bits per heavy atom. The molecule has 0 amide bonds. The van der Waals surface area contributed by atoms with Gasteiger partial charge in [-0.2, -0.15) is 0 Å². The van der Waals surface area contributed by atoms with E-state index in [1.54, 1.807) is 0 Å². The number of morpholine rings is 2. The second-order valence-corrected chi connectivity index (χ2v) is 5.55. The Kier molecular flexibility index (Phi) is 5.37. The van der Waals surface area contributed by atoms with Gasteiger partial charge in [-0.15, -0.1) is 0 Å². The molecule has 1 aromatic rings. The first-order chi connectivity index (χ1) is 10.4. The smallest absolute Gasteiger partial charge is 0.225 e. The Morgan fingerprint density at radius 2 is 1.52 bits per heavy atom. The van der Waals surface area contributed by atoms with Crippen LogP contribution in [-0.2, 0) is 15.9 Å². The number of rotatable bonds is 5. The van der Waals surface area contributed by atoms with Crippen LogP contribution in [0.5, 0.6) is 0 Å². The molecule has 21 heavy (non-hydrogen) atoms.